The van der Waals surface area contributed by atoms with E-state index in [-0.39, 0.29) is 11.9 Å². The number of aryl methyl sites for hydroxylation is 1. The van der Waals surface area contributed by atoms with Crippen molar-refractivity contribution < 1.29 is 9.21 Å². The number of H-pyrrole nitrogens is 1. The minimum atomic E-state index is -0.345. The van der Waals surface area contributed by atoms with Crippen molar-refractivity contribution in [2.75, 3.05) is 0 Å². The molecule has 3 heterocycles. The third-order valence-corrected chi connectivity index (χ3v) is 4.13. The van der Waals surface area contributed by atoms with Gasteiger partial charge >= 0.3 is 0 Å². The molecule has 0 aliphatic heterocycles. The second-order valence-corrected chi connectivity index (χ2v) is 6.10. The van der Waals surface area contributed by atoms with E-state index in [0.717, 1.165) is 10.9 Å². The lowest BCUT2D eigenvalue weighted by Gasteiger charge is -2.10. The molecule has 26 heavy (non-hydrogen) atoms. The summed E-state index contributed by atoms with van der Waals surface area (Å²) >= 11 is 0. The van der Waals surface area contributed by atoms with Crippen LogP contribution in [-0.4, -0.2) is 26.1 Å². The number of carbonyl (C=O) groups excluding carboxylic acids is 1. The SMILES string of the molecule is Cc1ccnc(-c2n[nH]c(C(C)NC(=O)c3coc4ccccc34)n2)c1. The third kappa shape index (κ3) is 2.95. The normalized spacial score (nSPS) is 12.2. The van der Waals surface area contributed by atoms with Crippen molar-refractivity contribution in [3.63, 3.8) is 0 Å². The van der Waals surface area contributed by atoms with Crippen LogP contribution in [0.25, 0.3) is 22.5 Å². The topological polar surface area (TPSA) is 96.7 Å². The van der Waals surface area contributed by atoms with E-state index < -0.39 is 0 Å². The summed E-state index contributed by atoms with van der Waals surface area (Å²) in [6.07, 6.45) is 3.19. The largest absolute Gasteiger partial charge is 0.463 e. The van der Waals surface area contributed by atoms with E-state index in [2.05, 4.69) is 25.5 Å². The monoisotopic (exact) mass is 347 g/mol. The summed E-state index contributed by atoms with van der Waals surface area (Å²) in [5.41, 5.74) is 2.94. The van der Waals surface area contributed by atoms with E-state index in [1.165, 1.54) is 6.26 Å². The molecule has 0 radical (unpaired) electrons. The lowest BCUT2D eigenvalue weighted by molar-refractivity contribution is 0.0939. The highest BCUT2D eigenvalue weighted by atomic mass is 16.3. The number of rotatable bonds is 4. The van der Waals surface area contributed by atoms with Gasteiger partial charge in [0.1, 0.15) is 23.4 Å². The van der Waals surface area contributed by atoms with Gasteiger partial charge in [0.15, 0.2) is 5.82 Å². The van der Waals surface area contributed by atoms with E-state index in [1.807, 2.05) is 50.2 Å². The van der Waals surface area contributed by atoms with E-state index in [0.29, 0.717) is 28.5 Å². The number of hydrogen-bond acceptors (Lipinski definition) is 5. The molecule has 2 N–H and O–H groups in total. The van der Waals surface area contributed by atoms with Crippen molar-refractivity contribution in [1.82, 2.24) is 25.5 Å². The van der Waals surface area contributed by atoms with Gasteiger partial charge in [0.05, 0.1) is 11.6 Å². The van der Waals surface area contributed by atoms with Crippen LogP contribution in [0.4, 0.5) is 0 Å². The standard InChI is InChI=1S/C19H17N5O2/c1-11-7-8-20-15(9-11)18-22-17(23-24-18)12(2)21-19(25)14-10-26-16-6-4-3-5-13(14)16/h3-10,12H,1-2H3,(H,21,25)(H,22,23,24). The van der Waals surface area contributed by atoms with E-state index in [9.17, 15) is 4.79 Å². The zero-order valence-electron chi connectivity index (χ0n) is 14.4. The van der Waals surface area contributed by atoms with Gasteiger partial charge in [0.2, 0.25) is 0 Å². The van der Waals surface area contributed by atoms with Gasteiger partial charge in [-0.3, -0.25) is 14.9 Å². The first-order chi connectivity index (χ1) is 12.6. The molecule has 0 aliphatic carbocycles. The Morgan fingerprint density at radius 1 is 1.27 bits per heavy atom. The van der Waals surface area contributed by atoms with E-state index >= 15 is 0 Å². The second-order valence-electron chi connectivity index (χ2n) is 6.10. The molecule has 3 aromatic heterocycles. The van der Waals surface area contributed by atoms with Crippen LogP contribution in [0.5, 0.6) is 0 Å². The minimum Gasteiger partial charge on any atom is -0.463 e. The summed E-state index contributed by atoms with van der Waals surface area (Å²) in [7, 11) is 0. The van der Waals surface area contributed by atoms with Crippen molar-refractivity contribution in [2.24, 2.45) is 0 Å². The molecule has 0 saturated heterocycles. The molecule has 1 aromatic carbocycles. The Labute approximate surface area is 149 Å². The lowest BCUT2D eigenvalue weighted by atomic mass is 10.1. The Balaban J connectivity index is 1.53. The highest BCUT2D eigenvalue weighted by molar-refractivity contribution is 6.05. The summed E-state index contributed by atoms with van der Waals surface area (Å²) < 4.78 is 5.43. The molecular weight excluding hydrogens is 330 g/mol. The molecule has 130 valence electrons. The quantitative estimate of drug-likeness (QED) is 0.590. The van der Waals surface area contributed by atoms with Gasteiger partial charge in [0.25, 0.3) is 5.91 Å². The number of nitrogens with zero attached hydrogens (tertiary/aromatic N) is 3. The number of furan rings is 1. The van der Waals surface area contributed by atoms with Crippen molar-refractivity contribution >= 4 is 16.9 Å². The summed E-state index contributed by atoms with van der Waals surface area (Å²) in [4.78, 5) is 21.3. The minimum absolute atomic E-state index is 0.228. The first-order valence-corrected chi connectivity index (χ1v) is 8.24. The molecular formula is C19H17N5O2. The number of aromatic nitrogens is 4. The zero-order valence-corrected chi connectivity index (χ0v) is 14.4. The molecule has 1 unspecified atom stereocenters. The van der Waals surface area contributed by atoms with Gasteiger partial charge in [-0.25, -0.2) is 4.98 Å². The molecule has 4 rings (SSSR count). The fraction of sp³-hybridized carbons (Fsp3) is 0.158. The molecule has 0 aliphatic rings. The van der Waals surface area contributed by atoms with E-state index in [1.54, 1.807) is 6.20 Å². The maximum Gasteiger partial charge on any atom is 0.255 e. The summed E-state index contributed by atoms with van der Waals surface area (Å²) in [6, 6.07) is 10.9. The Morgan fingerprint density at radius 3 is 2.96 bits per heavy atom. The van der Waals surface area contributed by atoms with Crippen molar-refractivity contribution in [1.29, 1.82) is 0 Å². The molecule has 0 fully saturated rings. The van der Waals surface area contributed by atoms with Crippen molar-refractivity contribution in [3.05, 3.63) is 65.8 Å². The predicted octanol–water partition coefficient (Wildman–Crippen LogP) is 3.41. The molecule has 7 nitrogen and oxygen atoms in total. The number of carbonyl (C=O) groups is 1. The highest BCUT2D eigenvalue weighted by Gasteiger charge is 2.19. The van der Waals surface area contributed by atoms with Gasteiger partial charge in [-0.05, 0) is 37.6 Å². The summed E-state index contributed by atoms with van der Waals surface area (Å²) in [5, 5.41) is 10.8. The molecule has 0 spiro atoms. The fourth-order valence-corrected chi connectivity index (χ4v) is 2.74. The van der Waals surface area contributed by atoms with Gasteiger partial charge < -0.3 is 9.73 Å². The number of nitrogens with one attached hydrogen (secondary N) is 2. The third-order valence-electron chi connectivity index (χ3n) is 4.13. The average molecular weight is 347 g/mol. The van der Waals surface area contributed by atoms with Crippen LogP contribution in [0.15, 0.2) is 53.3 Å². The second kappa shape index (κ2) is 6.44. The maximum atomic E-state index is 12.6. The Kier molecular flexibility index (Phi) is 3.96. The first kappa shape index (κ1) is 16.0. The molecule has 1 atom stereocenters. The number of para-hydroxylation sites is 1. The Morgan fingerprint density at radius 2 is 2.12 bits per heavy atom. The highest BCUT2D eigenvalue weighted by Crippen LogP contribution is 2.22. The average Bonchev–Trinajstić information content (AvgIpc) is 3.29. The maximum absolute atomic E-state index is 12.6. The zero-order chi connectivity index (χ0) is 18.1. The van der Waals surface area contributed by atoms with Crippen LogP contribution in [0.2, 0.25) is 0 Å². The number of aromatic amines is 1. The van der Waals surface area contributed by atoms with Crippen LogP contribution in [0, 0.1) is 6.92 Å². The van der Waals surface area contributed by atoms with Gasteiger partial charge in [-0.1, -0.05) is 18.2 Å². The van der Waals surface area contributed by atoms with Crippen LogP contribution in [0.1, 0.15) is 34.7 Å². The number of fused-ring (bicyclic) bond motifs is 1. The van der Waals surface area contributed by atoms with E-state index in [4.69, 9.17) is 4.42 Å². The molecule has 4 aromatic rings. The van der Waals surface area contributed by atoms with Crippen LogP contribution >= 0.6 is 0 Å². The lowest BCUT2D eigenvalue weighted by Crippen LogP contribution is -2.27. The van der Waals surface area contributed by atoms with Crippen LogP contribution in [-0.2, 0) is 0 Å². The van der Waals surface area contributed by atoms with Gasteiger partial charge in [0, 0.05) is 11.6 Å². The fourth-order valence-electron chi connectivity index (χ4n) is 2.74. The predicted molar refractivity (Wildman–Crippen MR) is 96.4 cm³/mol. The first-order valence-electron chi connectivity index (χ1n) is 8.24. The van der Waals surface area contributed by atoms with Gasteiger partial charge in [-0.2, -0.15) is 5.10 Å². The Bertz CT molecular complexity index is 1080. The molecule has 7 heteroatoms. The molecule has 0 bridgehead atoms. The van der Waals surface area contributed by atoms with Gasteiger partial charge in [-0.15, -0.1) is 0 Å². The number of benzene rings is 1. The number of pyridine rings is 1. The molecule has 0 saturated carbocycles. The Hall–Kier alpha value is -3.48. The van der Waals surface area contributed by atoms with Crippen LogP contribution < -0.4 is 5.32 Å². The van der Waals surface area contributed by atoms with Crippen molar-refractivity contribution in [3.8, 4) is 11.5 Å². The smallest absolute Gasteiger partial charge is 0.255 e. The van der Waals surface area contributed by atoms with Crippen molar-refractivity contribution in [2.45, 2.75) is 19.9 Å². The number of amides is 1. The summed E-state index contributed by atoms with van der Waals surface area (Å²) in [6.45, 7) is 3.82. The summed E-state index contributed by atoms with van der Waals surface area (Å²) in [5.74, 6) is 0.831. The molecule has 1 amide bonds. The number of hydrogen-bond donors (Lipinski definition) is 2. The van der Waals surface area contributed by atoms with Crippen LogP contribution in [0.3, 0.4) is 0 Å².